The summed E-state index contributed by atoms with van der Waals surface area (Å²) in [5.41, 5.74) is 0.515. The number of hydrogen-bond donors (Lipinski definition) is 1. The van der Waals surface area contributed by atoms with Crippen LogP contribution in [0.15, 0.2) is 30.3 Å². The minimum Gasteiger partial charge on any atom is -0.452 e. The van der Waals surface area contributed by atoms with E-state index in [0.29, 0.717) is 5.02 Å². The Morgan fingerprint density at radius 1 is 1.17 bits per heavy atom. The van der Waals surface area contributed by atoms with E-state index in [0.717, 1.165) is 0 Å². The highest BCUT2D eigenvalue weighted by molar-refractivity contribution is 6.33. The number of nitrogens with one attached hydrogen (secondary N) is 1. The lowest BCUT2D eigenvalue weighted by molar-refractivity contribution is -0.119. The zero-order chi connectivity index (χ0) is 17.7. The lowest BCUT2D eigenvalue weighted by Crippen LogP contribution is -2.21. The highest BCUT2D eigenvalue weighted by Gasteiger charge is 2.14. The van der Waals surface area contributed by atoms with Crippen LogP contribution in [0.25, 0.3) is 0 Å². The van der Waals surface area contributed by atoms with Crippen molar-refractivity contribution >= 4 is 52.4 Å². The van der Waals surface area contributed by atoms with Crippen LogP contribution in [0.2, 0.25) is 15.3 Å². The van der Waals surface area contributed by atoms with Crippen LogP contribution >= 0.6 is 34.8 Å². The van der Waals surface area contributed by atoms with Crippen LogP contribution in [-0.4, -0.2) is 23.5 Å². The van der Waals surface area contributed by atoms with Crippen LogP contribution in [0.5, 0.6) is 0 Å². The molecule has 6 nitrogen and oxygen atoms in total. The molecule has 2 aromatic rings. The van der Waals surface area contributed by atoms with Crippen molar-refractivity contribution in [2.75, 3.05) is 11.9 Å². The van der Waals surface area contributed by atoms with Gasteiger partial charge in [-0.25, -0.2) is 9.78 Å². The van der Waals surface area contributed by atoms with E-state index in [1.165, 1.54) is 30.3 Å². The standard InChI is InChI=1S/C15H8Cl3N3O3/c16-10-2-1-8(6-19)11(5-10)20-14(22)7-24-15(23)9-3-12(17)21-13(18)4-9/h1-5H,7H2,(H,20,22). The molecule has 1 aromatic heterocycles. The number of nitriles is 1. The van der Waals surface area contributed by atoms with Crippen LogP contribution in [0.3, 0.4) is 0 Å². The third kappa shape index (κ3) is 4.83. The quantitative estimate of drug-likeness (QED) is 0.641. The lowest BCUT2D eigenvalue weighted by Gasteiger charge is -2.08. The van der Waals surface area contributed by atoms with Gasteiger partial charge in [-0.3, -0.25) is 4.79 Å². The number of esters is 1. The first-order chi connectivity index (χ1) is 11.4. The van der Waals surface area contributed by atoms with Crippen LogP contribution in [0, 0.1) is 11.3 Å². The van der Waals surface area contributed by atoms with Gasteiger partial charge in [0.1, 0.15) is 16.4 Å². The molecule has 0 saturated heterocycles. The second-order valence-electron chi connectivity index (χ2n) is 4.43. The second-order valence-corrected chi connectivity index (χ2v) is 5.64. The number of rotatable bonds is 4. The van der Waals surface area contributed by atoms with Gasteiger partial charge in [0.15, 0.2) is 6.61 Å². The minimum atomic E-state index is -0.789. The van der Waals surface area contributed by atoms with Crippen LogP contribution in [-0.2, 0) is 9.53 Å². The van der Waals surface area contributed by atoms with Crippen molar-refractivity contribution in [3.8, 4) is 6.07 Å². The van der Waals surface area contributed by atoms with E-state index >= 15 is 0 Å². The summed E-state index contributed by atoms with van der Waals surface area (Å²) in [6, 6.07) is 8.84. The molecule has 2 rings (SSSR count). The molecule has 122 valence electrons. The Morgan fingerprint density at radius 3 is 2.46 bits per heavy atom. The first-order valence-electron chi connectivity index (χ1n) is 6.39. The largest absolute Gasteiger partial charge is 0.452 e. The Bertz CT molecular complexity index is 829. The van der Waals surface area contributed by atoms with Crippen molar-refractivity contribution in [2.45, 2.75) is 0 Å². The molecule has 0 radical (unpaired) electrons. The fourth-order valence-corrected chi connectivity index (χ4v) is 2.33. The van der Waals surface area contributed by atoms with E-state index in [1.807, 2.05) is 6.07 Å². The summed E-state index contributed by atoms with van der Waals surface area (Å²) in [4.78, 5) is 27.4. The monoisotopic (exact) mass is 383 g/mol. The number of anilines is 1. The number of hydrogen-bond acceptors (Lipinski definition) is 5. The fourth-order valence-electron chi connectivity index (χ4n) is 1.70. The zero-order valence-electron chi connectivity index (χ0n) is 11.8. The third-order valence-corrected chi connectivity index (χ3v) is 3.33. The Balaban J connectivity index is 2.00. The number of carbonyl (C=O) groups excluding carboxylic acids is 2. The van der Waals surface area contributed by atoms with Gasteiger partial charge in [-0.05, 0) is 30.3 Å². The number of amides is 1. The molecule has 0 spiro atoms. The molecule has 9 heteroatoms. The fraction of sp³-hybridized carbons (Fsp3) is 0.0667. The molecule has 0 bridgehead atoms. The molecule has 0 aliphatic heterocycles. The summed E-state index contributed by atoms with van der Waals surface area (Å²) in [7, 11) is 0. The van der Waals surface area contributed by atoms with Gasteiger partial charge in [0.05, 0.1) is 16.8 Å². The molecular formula is C15H8Cl3N3O3. The van der Waals surface area contributed by atoms with Crippen molar-refractivity contribution < 1.29 is 14.3 Å². The highest BCUT2D eigenvalue weighted by Crippen LogP contribution is 2.20. The van der Waals surface area contributed by atoms with Crippen LogP contribution in [0.1, 0.15) is 15.9 Å². The predicted octanol–water partition coefficient (Wildman–Crippen LogP) is 3.71. The maximum Gasteiger partial charge on any atom is 0.338 e. The van der Waals surface area contributed by atoms with Gasteiger partial charge in [0, 0.05) is 5.02 Å². The van der Waals surface area contributed by atoms with E-state index in [1.54, 1.807) is 0 Å². The van der Waals surface area contributed by atoms with Gasteiger partial charge in [-0.1, -0.05) is 34.8 Å². The van der Waals surface area contributed by atoms with E-state index < -0.39 is 18.5 Å². The average molecular weight is 385 g/mol. The number of benzene rings is 1. The lowest BCUT2D eigenvalue weighted by atomic mass is 10.2. The summed E-state index contributed by atoms with van der Waals surface area (Å²) >= 11 is 17.2. The first kappa shape index (κ1) is 18.0. The van der Waals surface area contributed by atoms with Gasteiger partial charge in [0.2, 0.25) is 0 Å². The van der Waals surface area contributed by atoms with Gasteiger partial charge < -0.3 is 10.1 Å². The Labute approximate surface area is 151 Å². The summed E-state index contributed by atoms with van der Waals surface area (Å²) in [6.45, 7) is -0.562. The number of carbonyl (C=O) groups is 2. The molecule has 1 amide bonds. The molecule has 0 atom stereocenters. The minimum absolute atomic E-state index is 0.0245. The van der Waals surface area contributed by atoms with Crippen molar-refractivity contribution in [3.05, 3.63) is 56.8 Å². The molecular weight excluding hydrogens is 377 g/mol. The van der Waals surface area contributed by atoms with Crippen molar-refractivity contribution in [1.82, 2.24) is 4.98 Å². The molecule has 24 heavy (non-hydrogen) atoms. The van der Waals surface area contributed by atoms with Gasteiger partial charge >= 0.3 is 5.97 Å². The van der Waals surface area contributed by atoms with Crippen molar-refractivity contribution in [3.63, 3.8) is 0 Å². The van der Waals surface area contributed by atoms with E-state index in [4.69, 9.17) is 44.8 Å². The van der Waals surface area contributed by atoms with Gasteiger partial charge in [-0.15, -0.1) is 0 Å². The molecule has 0 unspecified atom stereocenters. The summed E-state index contributed by atoms with van der Waals surface area (Å²) < 4.78 is 4.86. The molecule has 1 N–H and O–H groups in total. The van der Waals surface area contributed by atoms with E-state index in [2.05, 4.69) is 10.3 Å². The van der Waals surface area contributed by atoms with Gasteiger partial charge in [0.25, 0.3) is 5.91 Å². The summed E-state index contributed by atoms with van der Waals surface area (Å²) in [5.74, 6) is -1.42. The topological polar surface area (TPSA) is 92.1 Å². The molecule has 1 aromatic carbocycles. The number of aromatic nitrogens is 1. The summed E-state index contributed by atoms with van der Waals surface area (Å²) in [5, 5.41) is 11.8. The smallest absolute Gasteiger partial charge is 0.338 e. The number of halogens is 3. The predicted molar refractivity (Wildman–Crippen MR) is 89.3 cm³/mol. The highest BCUT2D eigenvalue weighted by atomic mass is 35.5. The second kappa shape index (κ2) is 7.97. The maximum atomic E-state index is 11.9. The third-order valence-electron chi connectivity index (χ3n) is 2.71. The Kier molecular flexibility index (Phi) is 5.99. The Morgan fingerprint density at radius 2 is 1.83 bits per heavy atom. The van der Waals surface area contributed by atoms with E-state index in [-0.39, 0.29) is 27.1 Å². The normalized spacial score (nSPS) is 9.92. The maximum absolute atomic E-state index is 11.9. The number of ether oxygens (including phenoxy) is 1. The average Bonchev–Trinajstić information content (AvgIpc) is 2.52. The molecule has 0 aliphatic carbocycles. The summed E-state index contributed by atoms with van der Waals surface area (Å²) in [6.07, 6.45) is 0. The molecule has 0 saturated carbocycles. The van der Waals surface area contributed by atoms with Crippen molar-refractivity contribution in [2.24, 2.45) is 0 Å². The Hall–Kier alpha value is -2.33. The first-order valence-corrected chi connectivity index (χ1v) is 7.52. The number of pyridine rings is 1. The number of nitrogens with zero attached hydrogens (tertiary/aromatic N) is 2. The molecule has 0 aliphatic rings. The SMILES string of the molecule is N#Cc1ccc(Cl)cc1NC(=O)COC(=O)c1cc(Cl)nc(Cl)c1. The zero-order valence-corrected chi connectivity index (χ0v) is 14.1. The molecule has 1 heterocycles. The molecule has 0 fully saturated rings. The van der Waals surface area contributed by atoms with Crippen LogP contribution < -0.4 is 5.32 Å². The van der Waals surface area contributed by atoms with Crippen LogP contribution in [0.4, 0.5) is 5.69 Å². The van der Waals surface area contributed by atoms with Gasteiger partial charge in [-0.2, -0.15) is 5.26 Å². The van der Waals surface area contributed by atoms with E-state index in [9.17, 15) is 9.59 Å². The van der Waals surface area contributed by atoms with Crippen molar-refractivity contribution in [1.29, 1.82) is 5.26 Å².